The van der Waals surface area contributed by atoms with Gasteiger partial charge >= 0.3 is 21.3 Å². The van der Waals surface area contributed by atoms with Gasteiger partial charge in [-0.2, -0.15) is 9.97 Å². The Labute approximate surface area is 202 Å². The maximum Gasteiger partial charge on any atom is 0.471 e. The topological polar surface area (TPSA) is 172 Å². The molecule has 0 spiro atoms. The molecule has 5 N–H and O–H groups in total. The van der Waals surface area contributed by atoms with Crippen LogP contribution in [-0.2, 0) is 13.9 Å². The van der Waals surface area contributed by atoms with Crippen molar-refractivity contribution < 1.29 is 28.8 Å². The molecule has 184 valence electrons. The van der Waals surface area contributed by atoms with Gasteiger partial charge in [-0.3, -0.25) is 0 Å². The third kappa shape index (κ3) is 6.28. The van der Waals surface area contributed by atoms with Gasteiger partial charge in [0.25, 0.3) is 0 Å². The molecule has 34 heavy (non-hydrogen) atoms. The number of imidazole rings is 1. The zero-order chi connectivity index (χ0) is 24.9. The van der Waals surface area contributed by atoms with Crippen molar-refractivity contribution in [3.63, 3.8) is 0 Å². The highest BCUT2D eigenvalue weighted by Gasteiger charge is 2.56. The highest BCUT2D eigenvalue weighted by Crippen LogP contribution is 2.55. The predicted octanol–water partition coefficient (Wildman–Crippen LogP) is 3.82. The number of hydrogen-bond donors (Lipinski definition) is 5. The fourth-order valence-corrected chi connectivity index (χ4v) is 4.06. The molecule has 0 aliphatic rings. The highest BCUT2D eigenvalue weighted by molar-refractivity contribution is 7.62. The maximum atomic E-state index is 11.2. The third-order valence-corrected chi connectivity index (χ3v) is 7.46. The minimum atomic E-state index is -5.09. The molecule has 3 rings (SSSR count). The molecule has 0 fully saturated rings. The Balaban J connectivity index is 1.69. The normalized spacial score (nSPS) is 14.0. The lowest BCUT2D eigenvalue weighted by molar-refractivity contribution is -0.0884. The number of anilines is 3. The molecule has 0 bridgehead atoms. The van der Waals surface area contributed by atoms with E-state index in [-0.39, 0.29) is 12.6 Å². The van der Waals surface area contributed by atoms with Gasteiger partial charge < -0.3 is 34.8 Å². The molecular formula is C19H26ClN6O6P2+. The fourth-order valence-electron chi connectivity index (χ4n) is 2.98. The van der Waals surface area contributed by atoms with E-state index in [1.54, 1.807) is 18.5 Å². The zero-order valence-electron chi connectivity index (χ0n) is 18.5. The van der Waals surface area contributed by atoms with Crippen molar-refractivity contribution in [1.29, 1.82) is 0 Å². The maximum absolute atomic E-state index is 11.2. The van der Waals surface area contributed by atoms with Crippen LogP contribution in [0.3, 0.4) is 0 Å². The summed E-state index contributed by atoms with van der Waals surface area (Å²) in [6.07, 6.45) is 2.54. The van der Waals surface area contributed by atoms with Crippen molar-refractivity contribution in [2.45, 2.75) is 38.0 Å². The zero-order valence-corrected chi connectivity index (χ0v) is 21.1. The van der Waals surface area contributed by atoms with E-state index in [2.05, 4.69) is 25.6 Å². The molecule has 15 heteroatoms. The molecule has 0 aliphatic carbocycles. The predicted molar refractivity (Wildman–Crippen MR) is 130 cm³/mol. The summed E-state index contributed by atoms with van der Waals surface area (Å²) in [4.78, 5) is 31.7. The van der Waals surface area contributed by atoms with Crippen molar-refractivity contribution in [2.24, 2.45) is 0 Å². The van der Waals surface area contributed by atoms with Crippen LogP contribution in [0.5, 0.6) is 0 Å². The van der Waals surface area contributed by atoms with Crippen LogP contribution in [0, 0.1) is 0 Å². The molecule has 0 radical (unpaired) electrons. The van der Waals surface area contributed by atoms with E-state index in [9.17, 15) is 14.2 Å². The van der Waals surface area contributed by atoms with Crippen LogP contribution >= 0.6 is 27.7 Å². The number of nitrogens with zero attached hydrogens (tertiary/aromatic N) is 4. The van der Waals surface area contributed by atoms with Crippen LogP contribution in [0.15, 0.2) is 30.6 Å². The number of hydrogen-bond acceptors (Lipinski definition) is 9. The van der Waals surface area contributed by atoms with E-state index < -0.39 is 21.3 Å². The van der Waals surface area contributed by atoms with Crippen molar-refractivity contribution in [3.8, 4) is 0 Å². The summed E-state index contributed by atoms with van der Waals surface area (Å²) in [5.41, 5.74) is 1.98. The van der Waals surface area contributed by atoms with Gasteiger partial charge in [0.1, 0.15) is 0 Å². The molecule has 2 aromatic heterocycles. The SMILES string of the molecule is CC(C)n1cnc2c(Nc3cccc(Cl)c3)nc(NCCCCOC(O)([PH+]=O)P(=O)(O)O)nc21. The van der Waals surface area contributed by atoms with Crippen LogP contribution in [0.4, 0.5) is 17.5 Å². The second-order valence-electron chi connectivity index (χ2n) is 7.69. The van der Waals surface area contributed by atoms with Crippen LogP contribution in [0.25, 0.3) is 11.2 Å². The van der Waals surface area contributed by atoms with Crippen molar-refractivity contribution in [2.75, 3.05) is 23.8 Å². The minimum Gasteiger partial charge on any atom is -0.354 e. The van der Waals surface area contributed by atoms with Gasteiger partial charge in [0.15, 0.2) is 17.0 Å². The van der Waals surface area contributed by atoms with Gasteiger partial charge in [0, 0.05) is 23.3 Å². The van der Waals surface area contributed by atoms with Crippen LogP contribution in [0.2, 0.25) is 5.02 Å². The number of ether oxygens (including phenoxy) is 1. The summed E-state index contributed by atoms with van der Waals surface area (Å²) in [5, 5.41) is 13.6. The second kappa shape index (κ2) is 11.0. The lowest BCUT2D eigenvalue weighted by Crippen LogP contribution is -2.25. The van der Waals surface area contributed by atoms with E-state index >= 15 is 0 Å². The molecule has 0 saturated heterocycles. The molecule has 12 nitrogen and oxygen atoms in total. The third-order valence-electron chi connectivity index (χ3n) is 4.75. The largest absolute Gasteiger partial charge is 0.471 e. The summed E-state index contributed by atoms with van der Waals surface area (Å²) in [7, 11) is -6.81. The number of nitrogens with one attached hydrogen (secondary N) is 2. The van der Waals surface area contributed by atoms with Gasteiger partial charge in [0.05, 0.1) is 12.9 Å². The molecule has 0 amide bonds. The van der Waals surface area contributed by atoms with Gasteiger partial charge in [0.2, 0.25) is 5.95 Å². The Bertz CT molecular complexity index is 1210. The van der Waals surface area contributed by atoms with Crippen LogP contribution in [-0.4, -0.2) is 52.8 Å². The van der Waals surface area contributed by atoms with Gasteiger partial charge in [-0.05, 0) is 44.9 Å². The number of benzene rings is 1. The number of halogens is 1. The first kappa shape index (κ1) is 26.4. The van der Waals surface area contributed by atoms with Gasteiger partial charge in [-0.25, -0.2) is 9.55 Å². The lowest BCUT2D eigenvalue weighted by Gasteiger charge is -2.16. The van der Waals surface area contributed by atoms with E-state index in [0.29, 0.717) is 47.3 Å². The van der Waals surface area contributed by atoms with Crippen LogP contribution in [0.1, 0.15) is 32.7 Å². The number of aromatic nitrogens is 4. The van der Waals surface area contributed by atoms with E-state index in [1.807, 2.05) is 30.5 Å². The molecule has 3 aromatic rings. The quantitative estimate of drug-likeness (QED) is 0.131. The number of unbranched alkanes of at least 4 members (excludes halogenated alkanes) is 1. The number of rotatable bonds is 12. The Hall–Kier alpha value is -2.17. The molecule has 0 aliphatic heterocycles. The Morgan fingerprint density at radius 3 is 2.71 bits per heavy atom. The molecule has 2 atom stereocenters. The monoisotopic (exact) mass is 531 g/mol. The summed E-state index contributed by atoms with van der Waals surface area (Å²) >= 11 is 6.09. The Morgan fingerprint density at radius 1 is 1.29 bits per heavy atom. The van der Waals surface area contributed by atoms with E-state index in [1.165, 1.54) is 0 Å². The van der Waals surface area contributed by atoms with Crippen molar-refractivity contribution in [3.05, 3.63) is 35.6 Å². The minimum absolute atomic E-state index is 0.124. The molecule has 2 heterocycles. The van der Waals surface area contributed by atoms with E-state index in [4.69, 9.17) is 26.1 Å². The smallest absolute Gasteiger partial charge is 0.354 e. The number of fused-ring (bicyclic) bond motifs is 1. The molecular weight excluding hydrogens is 506 g/mol. The van der Waals surface area contributed by atoms with Crippen molar-refractivity contribution in [1.82, 2.24) is 19.5 Å². The van der Waals surface area contributed by atoms with Gasteiger partial charge in [-0.15, -0.1) is 0 Å². The molecule has 1 aromatic carbocycles. The first-order valence-corrected chi connectivity index (χ1v) is 13.3. The highest BCUT2D eigenvalue weighted by atomic mass is 35.5. The Kier molecular flexibility index (Phi) is 8.59. The summed E-state index contributed by atoms with van der Waals surface area (Å²) in [5.74, 6) is 0.855. The Morgan fingerprint density at radius 2 is 2.06 bits per heavy atom. The summed E-state index contributed by atoms with van der Waals surface area (Å²) < 4.78 is 28.9. The summed E-state index contributed by atoms with van der Waals surface area (Å²) in [6, 6.07) is 7.33. The lowest BCUT2D eigenvalue weighted by atomic mass is 10.3. The van der Waals surface area contributed by atoms with E-state index in [0.717, 1.165) is 5.69 Å². The number of aliphatic hydroxyl groups is 1. The summed E-state index contributed by atoms with van der Waals surface area (Å²) in [6.45, 7) is 4.25. The fraction of sp³-hybridized carbons (Fsp3) is 0.421. The first-order chi connectivity index (χ1) is 16.0. The van der Waals surface area contributed by atoms with Crippen LogP contribution < -0.4 is 10.6 Å². The average molecular weight is 532 g/mol. The average Bonchev–Trinajstić information content (AvgIpc) is 3.20. The van der Waals surface area contributed by atoms with Gasteiger partial charge in [-0.1, -0.05) is 22.2 Å². The second-order valence-corrected chi connectivity index (χ2v) is 11.1. The first-order valence-electron chi connectivity index (χ1n) is 10.4. The molecule has 0 saturated carbocycles. The van der Waals surface area contributed by atoms with Crippen molar-refractivity contribution >= 4 is 56.3 Å². The molecule has 2 unspecified atom stereocenters. The standard InChI is InChI=1S/C19H25ClN6O6P2/c1-12(2)26-11-22-15-16(23-14-7-5-6-13(20)10-14)24-18(25-17(15)26)21-8-3-4-9-32-19(27,33-28)34(29,30)31/h5-7,10-12,27H,3-4,8-9H2,1-2H3,(H2,29,30,31)(H2,21,23,24,25)/p+1.